The van der Waals surface area contributed by atoms with Crippen LogP contribution >= 0.6 is 12.8 Å². The first-order chi connectivity index (χ1) is 5.07. The standard InChI is InChI=1S/C6H11NO3S/c1-4(8)2-3-5(7-11)6(9)10/h5,7,11H,2-3H2,1H3,(H,9,10). The summed E-state index contributed by atoms with van der Waals surface area (Å²) in [5.74, 6) is -0.999. The highest BCUT2D eigenvalue weighted by Crippen LogP contribution is 1.98. The Morgan fingerprint density at radius 2 is 2.18 bits per heavy atom. The zero-order valence-corrected chi connectivity index (χ0v) is 7.10. The molecule has 0 saturated heterocycles. The topological polar surface area (TPSA) is 66.4 Å². The van der Waals surface area contributed by atoms with Crippen molar-refractivity contribution in [3.63, 3.8) is 0 Å². The quantitative estimate of drug-likeness (QED) is 0.526. The number of nitrogens with one attached hydrogen (secondary N) is 1. The number of hydrogen-bond acceptors (Lipinski definition) is 4. The summed E-state index contributed by atoms with van der Waals surface area (Å²) < 4.78 is 2.30. The highest BCUT2D eigenvalue weighted by Gasteiger charge is 2.14. The van der Waals surface area contributed by atoms with Crippen molar-refractivity contribution < 1.29 is 14.7 Å². The van der Waals surface area contributed by atoms with Gasteiger partial charge in [0.05, 0.1) is 0 Å². The molecule has 0 aromatic heterocycles. The minimum atomic E-state index is -0.985. The van der Waals surface area contributed by atoms with Gasteiger partial charge in [-0.1, -0.05) is 12.8 Å². The molecule has 0 bridgehead atoms. The third kappa shape index (κ3) is 4.80. The Morgan fingerprint density at radius 1 is 1.64 bits per heavy atom. The van der Waals surface area contributed by atoms with Gasteiger partial charge in [0.2, 0.25) is 0 Å². The molecule has 0 aromatic rings. The van der Waals surface area contributed by atoms with Crippen LogP contribution in [0.2, 0.25) is 0 Å². The Labute approximate surface area is 70.5 Å². The van der Waals surface area contributed by atoms with E-state index in [-0.39, 0.29) is 18.6 Å². The van der Waals surface area contributed by atoms with Gasteiger partial charge in [-0.25, -0.2) is 0 Å². The van der Waals surface area contributed by atoms with E-state index in [2.05, 4.69) is 17.5 Å². The predicted molar refractivity (Wildman–Crippen MR) is 43.5 cm³/mol. The number of thiol groups is 1. The van der Waals surface area contributed by atoms with Crippen LogP contribution in [0.1, 0.15) is 19.8 Å². The summed E-state index contributed by atoms with van der Waals surface area (Å²) in [5.41, 5.74) is 0. The molecule has 0 spiro atoms. The maximum Gasteiger partial charge on any atom is 0.321 e. The first-order valence-electron chi connectivity index (χ1n) is 3.19. The monoisotopic (exact) mass is 177 g/mol. The van der Waals surface area contributed by atoms with Crippen molar-refractivity contribution >= 4 is 24.6 Å². The maximum atomic E-state index is 10.4. The molecule has 0 aliphatic carbocycles. The molecule has 1 unspecified atom stereocenters. The molecule has 0 rings (SSSR count). The predicted octanol–water partition coefficient (Wildman–Crippen LogP) is 0.243. The second-order valence-electron chi connectivity index (χ2n) is 2.26. The van der Waals surface area contributed by atoms with Gasteiger partial charge in [0, 0.05) is 6.42 Å². The number of aliphatic carboxylic acids is 1. The number of carbonyl (C=O) groups is 2. The molecule has 64 valence electrons. The van der Waals surface area contributed by atoms with Crippen molar-refractivity contribution in [1.29, 1.82) is 0 Å². The molecule has 0 aromatic carbocycles. The van der Waals surface area contributed by atoms with E-state index >= 15 is 0 Å². The molecule has 0 amide bonds. The van der Waals surface area contributed by atoms with E-state index in [4.69, 9.17) is 5.11 Å². The van der Waals surface area contributed by atoms with Crippen molar-refractivity contribution in [3.8, 4) is 0 Å². The molecule has 4 nitrogen and oxygen atoms in total. The molecule has 0 heterocycles. The number of carboxylic acid groups (broad SMARTS) is 1. The number of Topliss-reactive ketones (excluding diaryl/α,β-unsaturated/α-hetero) is 1. The first kappa shape index (κ1) is 10.4. The van der Waals surface area contributed by atoms with Crippen LogP contribution in [0.4, 0.5) is 0 Å². The zero-order chi connectivity index (χ0) is 8.85. The minimum absolute atomic E-state index is 0.0140. The summed E-state index contributed by atoms with van der Waals surface area (Å²) in [7, 11) is 0. The van der Waals surface area contributed by atoms with Gasteiger partial charge in [0.25, 0.3) is 0 Å². The van der Waals surface area contributed by atoms with Crippen LogP contribution in [0.15, 0.2) is 0 Å². The fraction of sp³-hybridized carbons (Fsp3) is 0.667. The Morgan fingerprint density at radius 3 is 2.45 bits per heavy atom. The average Bonchev–Trinajstić information content (AvgIpc) is 1.87. The Balaban J connectivity index is 3.70. The van der Waals surface area contributed by atoms with E-state index in [1.807, 2.05) is 0 Å². The number of carboxylic acids is 1. The first-order valence-corrected chi connectivity index (χ1v) is 3.64. The van der Waals surface area contributed by atoms with Gasteiger partial charge in [-0.15, -0.1) is 0 Å². The normalized spacial score (nSPS) is 12.5. The summed E-state index contributed by atoms with van der Waals surface area (Å²) in [5, 5.41) is 8.46. The summed E-state index contributed by atoms with van der Waals surface area (Å²) in [6.07, 6.45) is 0.554. The van der Waals surface area contributed by atoms with E-state index < -0.39 is 12.0 Å². The Bertz CT molecular complexity index is 160. The largest absolute Gasteiger partial charge is 0.480 e. The molecule has 1 atom stereocenters. The van der Waals surface area contributed by atoms with Gasteiger partial charge in [0.15, 0.2) is 0 Å². The molecular formula is C6H11NO3S. The molecule has 0 saturated carbocycles. The maximum absolute atomic E-state index is 10.4. The molecule has 11 heavy (non-hydrogen) atoms. The van der Waals surface area contributed by atoms with Gasteiger partial charge in [0.1, 0.15) is 11.8 Å². The lowest BCUT2D eigenvalue weighted by atomic mass is 10.1. The van der Waals surface area contributed by atoms with E-state index in [1.165, 1.54) is 6.92 Å². The fourth-order valence-electron chi connectivity index (χ4n) is 0.591. The molecule has 0 radical (unpaired) electrons. The van der Waals surface area contributed by atoms with Crippen LogP contribution in [0.3, 0.4) is 0 Å². The van der Waals surface area contributed by atoms with Gasteiger partial charge in [-0.2, -0.15) is 0 Å². The highest BCUT2D eigenvalue weighted by atomic mass is 32.1. The van der Waals surface area contributed by atoms with E-state index in [9.17, 15) is 9.59 Å². The highest BCUT2D eigenvalue weighted by molar-refractivity contribution is 7.78. The second kappa shape index (κ2) is 5.15. The molecule has 0 aliphatic heterocycles. The molecule has 0 aliphatic rings. The molecule has 5 heteroatoms. The third-order valence-electron chi connectivity index (χ3n) is 1.24. The number of ketones is 1. The van der Waals surface area contributed by atoms with Gasteiger partial charge < -0.3 is 9.90 Å². The zero-order valence-electron chi connectivity index (χ0n) is 6.20. The Hall–Kier alpha value is -0.550. The van der Waals surface area contributed by atoms with Crippen LogP contribution in [0, 0.1) is 0 Å². The Kier molecular flexibility index (Phi) is 4.89. The lowest BCUT2D eigenvalue weighted by molar-refractivity contribution is -0.139. The smallest absolute Gasteiger partial charge is 0.321 e. The van der Waals surface area contributed by atoms with Gasteiger partial charge >= 0.3 is 5.97 Å². The molecule has 2 N–H and O–H groups in total. The van der Waals surface area contributed by atoms with Crippen LogP contribution in [0.25, 0.3) is 0 Å². The van der Waals surface area contributed by atoms with Crippen molar-refractivity contribution in [2.75, 3.05) is 0 Å². The third-order valence-corrected chi connectivity index (χ3v) is 1.55. The molecular weight excluding hydrogens is 166 g/mol. The second-order valence-corrected chi connectivity index (χ2v) is 2.52. The van der Waals surface area contributed by atoms with Gasteiger partial charge in [-0.3, -0.25) is 9.52 Å². The SMILES string of the molecule is CC(=O)CCC(NS)C(=O)O. The molecule has 0 fully saturated rings. The lowest BCUT2D eigenvalue weighted by Crippen LogP contribution is -2.30. The van der Waals surface area contributed by atoms with Crippen LogP contribution < -0.4 is 4.72 Å². The van der Waals surface area contributed by atoms with Gasteiger partial charge in [-0.05, 0) is 13.3 Å². The minimum Gasteiger partial charge on any atom is -0.480 e. The summed E-state index contributed by atoms with van der Waals surface area (Å²) >= 11 is 3.62. The van der Waals surface area contributed by atoms with Crippen LogP contribution in [0.5, 0.6) is 0 Å². The average molecular weight is 177 g/mol. The number of carbonyl (C=O) groups excluding carboxylic acids is 1. The number of rotatable bonds is 5. The van der Waals surface area contributed by atoms with Crippen molar-refractivity contribution in [3.05, 3.63) is 0 Å². The lowest BCUT2D eigenvalue weighted by Gasteiger charge is -2.07. The summed E-state index contributed by atoms with van der Waals surface area (Å²) in [6.45, 7) is 1.43. The van der Waals surface area contributed by atoms with Crippen molar-refractivity contribution in [2.24, 2.45) is 0 Å². The van der Waals surface area contributed by atoms with Crippen LogP contribution in [-0.4, -0.2) is 22.9 Å². The van der Waals surface area contributed by atoms with Crippen molar-refractivity contribution in [1.82, 2.24) is 4.72 Å². The van der Waals surface area contributed by atoms with E-state index in [0.717, 1.165) is 0 Å². The summed E-state index contributed by atoms with van der Waals surface area (Å²) in [6, 6.07) is -0.734. The summed E-state index contributed by atoms with van der Waals surface area (Å²) in [4.78, 5) is 20.8. The number of hydrogen-bond donors (Lipinski definition) is 3. The van der Waals surface area contributed by atoms with Crippen LogP contribution in [-0.2, 0) is 9.59 Å². The van der Waals surface area contributed by atoms with E-state index in [1.54, 1.807) is 0 Å². The fourth-order valence-corrected chi connectivity index (χ4v) is 0.830. The van der Waals surface area contributed by atoms with Crippen molar-refractivity contribution in [2.45, 2.75) is 25.8 Å². The van der Waals surface area contributed by atoms with E-state index in [0.29, 0.717) is 0 Å².